The third kappa shape index (κ3) is 8.05. The van der Waals surface area contributed by atoms with Crippen LogP contribution in [-0.2, 0) is 4.79 Å². The molecular weight excluding hydrogens is 178 g/mol. The monoisotopic (exact) mass is 201 g/mol. The summed E-state index contributed by atoms with van der Waals surface area (Å²) in [6.45, 7) is 6.61. The molecule has 0 aromatic carbocycles. The van der Waals surface area contributed by atoms with Crippen LogP contribution in [0, 0.1) is 11.8 Å². The molecule has 0 aliphatic rings. The lowest BCUT2D eigenvalue weighted by Gasteiger charge is -2.15. The lowest BCUT2D eigenvalue weighted by atomic mass is 9.92. The zero-order chi connectivity index (χ0) is 11.1. The summed E-state index contributed by atoms with van der Waals surface area (Å²) in [4.78, 5) is 10.4. The summed E-state index contributed by atoms with van der Waals surface area (Å²) in [5.41, 5.74) is 5.67. The smallest absolute Gasteiger partial charge is 0.304 e. The summed E-state index contributed by atoms with van der Waals surface area (Å²) in [5.74, 6) is 0.560. The highest BCUT2D eigenvalue weighted by Crippen LogP contribution is 2.17. The van der Waals surface area contributed by atoms with Crippen LogP contribution in [0.5, 0.6) is 0 Å². The Morgan fingerprint density at radius 3 is 2.29 bits per heavy atom. The average Bonchev–Trinajstić information content (AvgIpc) is 1.98. The van der Waals surface area contributed by atoms with Crippen LogP contribution >= 0.6 is 0 Å². The van der Waals surface area contributed by atoms with Crippen LogP contribution in [-0.4, -0.2) is 17.1 Å². The topological polar surface area (TPSA) is 63.3 Å². The molecule has 2 atom stereocenters. The van der Waals surface area contributed by atoms with Gasteiger partial charge in [-0.15, -0.1) is 0 Å². The molecule has 3 heteroatoms. The first-order valence-corrected chi connectivity index (χ1v) is 5.39. The summed E-state index contributed by atoms with van der Waals surface area (Å²) < 4.78 is 0. The van der Waals surface area contributed by atoms with Gasteiger partial charge in [-0.05, 0) is 31.1 Å². The van der Waals surface area contributed by atoms with Crippen LogP contribution in [0.1, 0.15) is 46.5 Å². The average molecular weight is 201 g/mol. The van der Waals surface area contributed by atoms with Crippen LogP contribution in [0.4, 0.5) is 0 Å². The molecule has 0 aromatic heterocycles. The van der Waals surface area contributed by atoms with Crippen LogP contribution in [0.15, 0.2) is 0 Å². The molecular formula is C11H23NO2. The second kappa shape index (κ2) is 6.82. The summed E-state index contributed by atoms with van der Waals surface area (Å²) in [7, 11) is 0. The number of hydrogen-bond donors (Lipinski definition) is 2. The van der Waals surface area contributed by atoms with Gasteiger partial charge in [0.2, 0.25) is 0 Å². The minimum Gasteiger partial charge on any atom is -0.481 e. The molecule has 14 heavy (non-hydrogen) atoms. The number of rotatable bonds is 7. The Bertz CT molecular complexity index is 169. The van der Waals surface area contributed by atoms with Gasteiger partial charge in [-0.2, -0.15) is 0 Å². The first-order valence-electron chi connectivity index (χ1n) is 5.39. The Balaban J connectivity index is 3.55. The van der Waals surface area contributed by atoms with Crippen molar-refractivity contribution in [3.8, 4) is 0 Å². The summed E-state index contributed by atoms with van der Waals surface area (Å²) in [5, 5.41) is 8.51. The number of nitrogens with two attached hydrogens (primary N) is 1. The van der Waals surface area contributed by atoms with Gasteiger partial charge in [0.05, 0.1) is 6.42 Å². The van der Waals surface area contributed by atoms with E-state index < -0.39 is 5.97 Å². The van der Waals surface area contributed by atoms with Crippen LogP contribution in [0.25, 0.3) is 0 Å². The van der Waals surface area contributed by atoms with Crippen molar-refractivity contribution in [1.29, 1.82) is 0 Å². The zero-order valence-corrected chi connectivity index (χ0v) is 9.49. The maximum Gasteiger partial charge on any atom is 0.304 e. The second-order valence-electron chi connectivity index (χ2n) is 4.67. The molecule has 0 rings (SSSR count). The van der Waals surface area contributed by atoms with Gasteiger partial charge in [-0.1, -0.05) is 20.8 Å². The first kappa shape index (κ1) is 13.4. The molecule has 0 bridgehead atoms. The maximum atomic E-state index is 10.4. The predicted molar refractivity (Wildman–Crippen MR) is 58.1 cm³/mol. The fraction of sp³-hybridized carbons (Fsp3) is 0.909. The van der Waals surface area contributed by atoms with Crippen molar-refractivity contribution in [2.24, 2.45) is 17.6 Å². The van der Waals surface area contributed by atoms with Gasteiger partial charge in [0, 0.05) is 6.04 Å². The maximum absolute atomic E-state index is 10.4. The van der Waals surface area contributed by atoms with Crippen molar-refractivity contribution in [3.05, 3.63) is 0 Å². The van der Waals surface area contributed by atoms with Crippen molar-refractivity contribution in [2.75, 3.05) is 0 Å². The molecule has 0 amide bonds. The lowest BCUT2D eigenvalue weighted by molar-refractivity contribution is -0.137. The van der Waals surface area contributed by atoms with Crippen molar-refractivity contribution in [1.82, 2.24) is 0 Å². The van der Waals surface area contributed by atoms with Crippen LogP contribution in [0.2, 0.25) is 0 Å². The molecule has 0 radical (unpaired) electrons. The molecule has 0 saturated carbocycles. The molecule has 0 saturated heterocycles. The predicted octanol–water partition coefficient (Wildman–Crippen LogP) is 2.25. The molecule has 0 heterocycles. The van der Waals surface area contributed by atoms with E-state index in [4.69, 9.17) is 10.8 Å². The van der Waals surface area contributed by atoms with Gasteiger partial charge in [-0.25, -0.2) is 0 Å². The minimum atomic E-state index is -0.797. The van der Waals surface area contributed by atoms with E-state index >= 15 is 0 Å². The molecule has 0 aromatic rings. The van der Waals surface area contributed by atoms with Crippen molar-refractivity contribution in [2.45, 2.75) is 52.5 Å². The third-order valence-corrected chi connectivity index (χ3v) is 2.34. The number of carbonyl (C=O) groups is 1. The number of carboxylic acid groups (broad SMARTS) is 1. The van der Waals surface area contributed by atoms with E-state index in [9.17, 15) is 4.79 Å². The normalized spacial score (nSPS) is 15.5. The molecule has 0 fully saturated rings. The highest BCUT2D eigenvalue weighted by atomic mass is 16.4. The van der Waals surface area contributed by atoms with E-state index in [1.54, 1.807) is 0 Å². The van der Waals surface area contributed by atoms with E-state index in [0.717, 1.165) is 12.8 Å². The first-order chi connectivity index (χ1) is 6.41. The van der Waals surface area contributed by atoms with Crippen molar-refractivity contribution < 1.29 is 9.90 Å². The summed E-state index contributed by atoms with van der Waals surface area (Å²) >= 11 is 0. The zero-order valence-electron chi connectivity index (χ0n) is 9.49. The van der Waals surface area contributed by atoms with E-state index in [2.05, 4.69) is 20.8 Å². The van der Waals surface area contributed by atoms with Gasteiger partial charge in [0.1, 0.15) is 0 Å². The van der Waals surface area contributed by atoms with E-state index in [1.165, 1.54) is 6.42 Å². The molecule has 84 valence electrons. The van der Waals surface area contributed by atoms with Gasteiger partial charge in [0.15, 0.2) is 0 Å². The van der Waals surface area contributed by atoms with E-state index in [-0.39, 0.29) is 12.5 Å². The van der Waals surface area contributed by atoms with Gasteiger partial charge < -0.3 is 10.8 Å². The number of aliphatic carboxylic acids is 1. The third-order valence-electron chi connectivity index (χ3n) is 2.34. The molecule has 3 N–H and O–H groups in total. The Morgan fingerprint density at radius 2 is 1.86 bits per heavy atom. The Kier molecular flexibility index (Phi) is 6.54. The number of hydrogen-bond acceptors (Lipinski definition) is 2. The molecule has 0 aliphatic heterocycles. The Morgan fingerprint density at radius 1 is 1.29 bits per heavy atom. The van der Waals surface area contributed by atoms with E-state index in [0.29, 0.717) is 11.8 Å². The molecule has 0 unspecified atom stereocenters. The Labute approximate surface area is 86.7 Å². The van der Waals surface area contributed by atoms with Crippen molar-refractivity contribution in [3.63, 3.8) is 0 Å². The fourth-order valence-electron chi connectivity index (χ4n) is 1.75. The fourth-order valence-corrected chi connectivity index (χ4v) is 1.75. The SMILES string of the molecule is CC(C)C[C@H](C)CC[C@H](N)CC(=O)O. The summed E-state index contributed by atoms with van der Waals surface area (Å²) in [6.07, 6.45) is 3.14. The highest BCUT2D eigenvalue weighted by Gasteiger charge is 2.11. The van der Waals surface area contributed by atoms with Crippen molar-refractivity contribution >= 4 is 5.97 Å². The second-order valence-corrected chi connectivity index (χ2v) is 4.67. The van der Waals surface area contributed by atoms with Gasteiger partial charge in [-0.3, -0.25) is 4.79 Å². The van der Waals surface area contributed by atoms with Gasteiger partial charge >= 0.3 is 5.97 Å². The lowest BCUT2D eigenvalue weighted by Crippen LogP contribution is -2.24. The van der Waals surface area contributed by atoms with Crippen LogP contribution < -0.4 is 5.73 Å². The van der Waals surface area contributed by atoms with Crippen LogP contribution in [0.3, 0.4) is 0 Å². The minimum absolute atomic E-state index is 0.0917. The molecule has 0 spiro atoms. The number of carboxylic acids is 1. The van der Waals surface area contributed by atoms with Gasteiger partial charge in [0.25, 0.3) is 0 Å². The quantitative estimate of drug-likeness (QED) is 0.664. The molecule has 0 aliphatic carbocycles. The largest absolute Gasteiger partial charge is 0.481 e. The highest BCUT2D eigenvalue weighted by molar-refractivity contribution is 5.67. The standard InChI is InChI=1S/C11H23NO2/c1-8(2)6-9(3)4-5-10(12)7-11(13)14/h8-10H,4-7,12H2,1-3H3,(H,13,14)/t9-,10+/m1/s1. The van der Waals surface area contributed by atoms with E-state index in [1.807, 2.05) is 0 Å². The summed E-state index contributed by atoms with van der Waals surface area (Å²) in [6, 6.07) is -0.179. The Hall–Kier alpha value is -0.570. The molecule has 3 nitrogen and oxygen atoms in total.